The van der Waals surface area contributed by atoms with Gasteiger partial charge in [-0.25, -0.2) is 4.57 Å². The number of nitrogens with zero attached hydrogens (tertiary/aromatic N) is 1. The Morgan fingerprint density at radius 1 is 0.660 bits per heavy atom. The van der Waals surface area contributed by atoms with Gasteiger partial charge in [-0.05, 0) is 51.0 Å². The lowest BCUT2D eigenvalue weighted by atomic mass is 10.0. The highest BCUT2D eigenvalue weighted by atomic mass is 31.2. The van der Waals surface area contributed by atoms with Crippen molar-refractivity contribution < 1.29 is 47.5 Å². The third-order valence-corrected chi connectivity index (χ3v) is 10.3. The van der Waals surface area contributed by atoms with Crippen molar-refractivity contribution in [3.8, 4) is 0 Å². The molecular weight excluding hydrogens is 693 g/mol. The summed E-state index contributed by atoms with van der Waals surface area (Å²) in [7, 11) is 1.59. The van der Waals surface area contributed by atoms with Crippen LogP contribution in [0.2, 0.25) is 0 Å². The molecule has 0 rings (SSSR count). The van der Waals surface area contributed by atoms with Crippen molar-refractivity contribution in [3.63, 3.8) is 0 Å². The lowest BCUT2D eigenvalue weighted by molar-refractivity contribution is -0.870. The molecule has 11 heteroatoms. The number of carbonyl (C=O) groups excluding carboxylic acids is 1. The van der Waals surface area contributed by atoms with E-state index in [1.165, 1.54) is 83.5 Å². The number of likely N-dealkylation sites (N-methyl/N-ethyl adjacent to an activating group) is 1. The molecule has 0 heterocycles. The van der Waals surface area contributed by atoms with Crippen LogP contribution < -0.4 is 0 Å². The predicted molar refractivity (Wildman–Crippen MR) is 218 cm³/mol. The molecular formula is C42H83NO9P+. The molecule has 0 aliphatic rings. The van der Waals surface area contributed by atoms with Crippen molar-refractivity contribution in [2.45, 2.75) is 193 Å². The quantitative estimate of drug-likeness (QED) is 0.0139. The first-order chi connectivity index (χ1) is 25.4. The molecule has 3 N–H and O–H groups in total. The minimum absolute atomic E-state index is 0.0656. The first-order valence-electron chi connectivity index (χ1n) is 21.3. The second-order valence-electron chi connectivity index (χ2n) is 15.7. The van der Waals surface area contributed by atoms with Crippen LogP contribution in [0.1, 0.15) is 174 Å². The minimum Gasteiger partial charge on any atom is -0.492 e. The number of ether oxygens (including phenoxy) is 2. The topological polar surface area (TPSA) is 132 Å². The van der Waals surface area contributed by atoms with E-state index in [0.29, 0.717) is 30.3 Å². The smallest absolute Gasteiger partial charge is 0.472 e. The molecule has 0 aliphatic heterocycles. The number of phosphoric acid groups is 1. The maximum Gasteiger partial charge on any atom is 0.472 e. The highest BCUT2D eigenvalue weighted by Gasteiger charge is 2.25. The Kier molecular flexibility index (Phi) is 34.3. The van der Waals surface area contributed by atoms with Gasteiger partial charge in [-0.2, -0.15) is 0 Å². The van der Waals surface area contributed by atoms with Crippen molar-refractivity contribution in [3.05, 3.63) is 24.5 Å². The number of carbonyl (C=O) groups is 1. The second-order valence-corrected chi connectivity index (χ2v) is 17.2. The van der Waals surface area contributed by atoms with E-state index in [9.17, 15) is 24.5 Å². The van der Waals surface area contributed by atoms with Crippen LogP contribution in [0.5, 0.6) is 0 Å². The molecule has 314 valence electrons. The molecule has 0 spiro atoms. The molecule has 4 atom stereocenters. The maximum absolute atomic E-state index is 12.5. The Morgan fingerprint density at radius 2 is 1.19 bits per heavy atom. The molecule has 1 unspecified atom stereocenters. The summed E-state index contributed by atoms with van der Waals surface area (Å²) in [6.45, 7) is 4.67. The Hall–Kier alpha value is -1.26. The monoisotopic (exact) mass is 777 g/mol. The van der Waals surface area contributed by atoms with Crippen LogP contribution in [0.15, 0.2) is 24.5 Å². The van der Waals surface area contributed by atoms with Crippen molar-refractivity contribution in [2.75, 3.05) is 47.5 Å². The average Bonchev–Trinajstić information content (AvgIpc) is 3.10. The number of hydrogen-bond donors (Lipinski definition) is 3. The van der Waals surface area contributed by atoms with Gasteiger partial charge in [-0.1, -0.05) is 135 Å². The van der Waals surface area contributed by atoms with Gasteiger partial charge in [0.2, 0.25) is 0 Å². The van der Waals surface area contributed by atoms with Gasteiger partial charge in [-0.3, -0.25) is 13.8 Å². The third kappa shape index (κ3) is 37.4. The van der Waals surface area contributed by atoms with Crippen LogP contribution in [-0.2, 0) is 27.9 Å². The zero-order valence-corrected chi connectivity index (χ0v) is 35.6. The van der Waals surface area contributed by atoms with Crippen LogP contribution in [-0.4, -0.2) is 91.4 Å². The normalized spacial score (nSPS) is 15.2. The number of phosphoric ester groups is 1. The molecule has 0 aromatic heterocycles. The van der Waals surface area contributed by atoms with Gasteiger partial charge in [0.05, 0.1) is 46.2 Å². The molecule has 0 amide bonds. The fourth-order valence-electron chi connectivity index (χ4n) is 5.74. The van der Waals surface area contributed by atoms with Crippen LogP contribution in [0, 0.1) is 0 Å². The Bertz CT molecular complexity index is 940. The van der Waals surface area contributed by atoms with E-state index in [2.05, 4.69) is 19.9 Å². The molecule has 0 fully saturated rings. The number of unbranched alkanes of at least 4 members (excludes halogenated alkanes) is 19. The molecule has 0 aromatic rings. The van der Waals surface area contributed by atoms with Crippen LogP contribution in [0.25, 0.3) is 0 Å². The molecule has 0 saturated carbocycles. The van der Waals surface area contributed by atoms with E-state index in [0.717, 1.165) is 51.4 Å². The summed E-state index contributed by atoms with van der Waals surface area (Å²) < 4.78 is 34.6. The van der Waals surface area contributed by atoms with E-state index in [1.807, 2.05) is 33.3 Å². The molecule has 0 saturated heterocycles. The lowest BCUT2D eigenvalue weighted by Crippen LogP contribution is -2.37. The molecule has 0 aromatic carbocycles. The highest BCUT2D eigenvalue weighted by molar-refractivity contribution is 7.47. The first-order valence-corrected chi connectivity index (χ1v) is 22.8. The number of aliphatic hydroxyl groups excluding tert-OH is 2. The highest BCUT2D eigenvalue weighted by Crippen LogP contribution is 2.43. The molecule has 0 aliphatic carbocycles. The lowest BCUT2D eigenvalue weighted by Gasteiger charge is -2.24. The van der Waals surface area contributed by atoms with Crippen molar-refractivity contribution in [1.29, 1.82) is 0 Å². The van der Waals surface area contributed by atoms with Gasteiger partial charge in [0.15, 0.2) is 6.10 Å². The van der Waals surface area contributed by atoms with Gasteiger partial charge < -0.3 is 29.1 Å². The first kappa shape index (κ1) is 51.7. The Labute approximate surface area is 325 Å². The van der Waals surface area contributed by atoms with Gasteiger partial charge in [0.25, 0.3) is 0 Å². The van der Waals surface area contributed by atoms with E-state index in [1.54, 1.807) is 6.26 Å². The van der Waals surface area contributed by atoms with Crippen LogP contribution >= 0.6 is 7.82 Å². The summed E-state index contributed by atoms with van der Waals surface area (Å²) in [5.41, 5.74) is 0. The van der Waals surface area contributed by atoms with E-state index < -0.39 is 26.1 Å². The largest absolute Gasteiger partial charge is 0.492 e. The molecule has 0 radical (unpaired) electrons. The van der Waals surface area contributed by atoms with Gasteiger partial charge >= 0.3 is 13.8 Å². The van der Waals surface area contributed by atoms with Gasteiger partial charge in [0.1, 0.15) is 19.8 Å². The van der Waals surface area contributed by atoms with Gasteiger partial charge in [0, 0.05) is 6.42 Å². The average molecular weight is 777 g/mol. The zero-order chi connectivity index (χ0) is 39.5. The van der Waals surface area contributed by atoms with Crippen LogP contribution in [0.4, 0.5) is 0 Å². The van der Waals surface area contributed by atoms with Gasteiger partial charge in [-0.15, -0.1) is 0 Å². The SMILES string of the molecule is CCCCC/C=C\C[C@@H](O)[C@H](O)CCCCCCCC(=O)OC[C@H](COP(=O)(O)OCC[N+](C)(C)C)O/C=C/CCCCCCCCCCCCCC. The fraction of sp³-hybridized carbons (Fsp3) is 0.881. The summed E-state index contributed by atoms with van der Waals surface area (Å²) >= 11 is 0. The molecule has 53 heavy (non-hydrogen) atoms. The summed E-state index contributed by atoms with van der Waals surface area (Å²) in [5, 5.41) is 20.4. The number of hydrogen-bond acceptors (Lipinski definition) is 8. The fourth-order valence-corrected chi connectivity index (χ4v) is 6.48. The molecule has 10 nitrogen and oxygen atoms in total. The number of rotatable bonds is 39. The van der Waals surface area contributed by atoms with Crippen molar-refractivity contribution in [2.24, 2.45) is 0 Å². The van der Waals surface area contributed by atoms with Crippen molar-refractivity contribution in [1.82, 2.24) is 0 Å². The number of quaternary nitrogens is 1. The third-order valence-electron chi connectivity index (χ3n) is 9.31. The summed E-state index contributed by atoms with van der Waals surface area (Å²) in [5.74, 6) is -0.355. The standard InChI is InChI=1S/C42H82NO9P/c1-6-8-10-12-14-15-16-17-18-19-20-21-26-30-35-49-39(38-52-53(47,48)51-36-34-43(3,4)5)37-50-42(46)33-29-25-22-24-28-32-41(45)40(44)31-27-23-13-11-9-7-2/h23,27,30,35,39-41,44-45H,6-22,24-26,28-29,31-34,36-38H2,1-5H3/p+1/b27-23-,35-30+/t39-,40-,41-/m1/s1. The number of allylic oxidation sites excluding steroid dienone is 2. The Balaban J connectivity index is 4.41. The minimum atomic E-state index is -4.30. The zero-order valence-electron chi connectivity index (χ0n) is 34.7. The summed E-state index contributed by atoms with van der Waals surface area (Å²) in [4.78, 5) is 22.6. The maximum atomic E-state index is 12.5. The summed E-state index contributed by atoms with van der Waals surface area (Å²) in [6, 6.07) is 0. The van der Waals surface area contributed by atoms with E-state index in [4.69, 9.17) is 18.5 Å². The second kappa shape index (κ2) is 35.2. The summed E-state index contributed by atoms with van der Waals surface area (Å²) in [6.07, 6.45) is 31.9. The van der Waals surface area contributed by atoms with Crippen molar-refractivity contribution >= 4 is 13.8 Å². The number of esters is 1. The molecule has 0 bridgehead atoms. The predicted octanol–water partition coefficient (Wildman–Crippen LogP) is 10.3. The van der Waals surface area contributed by atoms with E-state index >= 15 is 0 Å². The van der Waals surface area contributed by atoms with Crippen LogP contribution in [0.3, 0.4) is 0 Å². The number of aliphatic hydroxyl groups is 2. The Morgan fingerprint density at radius 3 is 1.81 bits per heavy atom. The van der Waals surface area contributed by atoms with E-state index in [-0.39, 0.29) is 32.2 Å².